The van der Waals surface area contributed by atoms with E-state index in [0.29, 0.717) is 36.5 Å². The zero-order chi connectivity index (χ0) is 24.8. The van der Waals surface area contributed by atoms with Crippen LogP contribution in [0.25, 0.3) is 0 Å². The summed E-state index contributed by atoms with van der Waals surface area (Å²) in [6.07, 6.45) is 1.64. The van der Waals surface area contributed by atoms with E-state index in [1.807, 2.05) is 53.4 Å². The van der Waals surface area contributed by atoms with Crippen molar-refractivity contribution in [2.75, 3.05) is 19.7 Å². The smallest absolute Gasteiger partial charge is 0.255 e. The predicted molar refractivity (Wildman–Crippen MR) is 139 cm³/mol. The molecule has 0 aromatic heterocycles. The van der Waals surface area contributed by atoms with Gasteiger partial charge in [0.2, 0.25) is 0 Å². The number of para-hydroxylation sites is 1. The van der Waals surface area contributed by atoms with Gasteiger partial charge in [-0.1, -0.05) is 69.3 Å². The molecule has 1 heterocycles. The van der Waals surface area contributed by atoms with Gasteiger partial charge < -0.3 is 15.0 Å². The van der Waals surface area contributed by atoms with Gasteiger partial charge in [-0.25, -0.2) is 0 Å². The lowest BCUT2D eigenvalue weighted by atomic mass is 9.86. The summed E-state index contributed by atoms with van der Waals surface area (Å²) < 4.78 is 6.02. The van der Waals surface area contributed by atoms with Gasteiger partial charge in [0.25, 0.3) is 11.8 Å². The molecule has 0 unspecified atom stereocenters. The lowest BCUT2D eigenvalue weighted by Gasteiger charge is -2.26. The number of carbonyl (C=O) groups excluding carboxylic acids is 2. The topological polar surface area (TPSA) is 58.6 Å². The van der Waals surface area contributed by atoms with Crippen LogP contribution in [0.3, 0.4) is 0 Å². The van der Waals surface area contributed by atoms with E-state index in [9.17, 15) is 9.59 Å². The number of fused-ring (bicyclic) bond motifs is 2. The molecule has 3 aromatic carbocycles. The number of rotatable bonds is 1. The van der Waals surface area contributed by atoms with Gasteiger partial charge in [0.1, 0.15) is 12.4 Å². The second kappa shape index (κ2) is 10.8. The molecule has 1 aliphatic heterocycles. The largest absolute Gasteiger partial charge is 0.491 e. The van der Waals surface area contributed by atoms with Crippen LogP contribution in [0, 0.1) is 0 Å². The second-order valence-electron chi connectivity index (χ2n) is 10.0. The van der Waals surface area contributed by atoms with Gasteiger partial charge in [-0.15, -0.1) is 0 Å². The van der Waals surface area contributed by atoms with Crippen LogP contribution in [0.4, 0.5) is 0 Å². The van der Waals surface area contributed by atoms with Crippen molar-refractivity contribution in [2.24, 2.45) is 0 Å². The van der Waals surface area contributed by atoms with Crippen LogP contribution in [-0.4, -0.2) is 36.4 Å². The van der Waals surface area contributed by atoms with Gasteiger partial charge in [-0.3, -0.25) is 9.59 Å². The molecule has 0 spiro atoms. The monoisotopic (exact) mass is 470 g/mol. The summed E-state index contributed by atoms with van der Waals surface area (Å²) in [5.74, 6) is 0.365. The first kappa shape index (κ1) is 24.5. The fourth-order valence-electron chi connectivity index (χ4n) is 4.33. The molecule has 0 saturated heterocycles. The Balaban J connectivity index is 1.62. The molecule has 0 radical (unpaired) electrons. The van der Waals surface area contributed by atoms with Crippen molar-refractivity contribution in [2.45, 2.75) is 45.6 Å². The average molecular weight is 471 g/mol. The number of nitrogens with zero attached hydrogens (tertiary/aromatic N) is 1. The molecule has 182 valence electrons. The minimum atomic E-state index is -0.141. The van der Waals surface area contributed by atoms with Crippen molar-refractivity contribution in [1.29, 1.82) is 0 Å². The zero-order valence-electron chi connectivity index (χ0n) is 20.8. The number of aryl methyl sites for hydroxylation is 1. The predicted octanol–water partition coefficient (Wildman–Crippen LogP) is 5.38. The van der Waals surface area contributed by atoms with Crippen LogP contribution < -0.4 is 10.1 Å². The van der Waals surface area contributed by atoms with E-state index in [4.69, 9.17) is 4.74 Å². The number of amides is 2. The summed E-state index contributed by atoms with van der Waals surface area (Å²) in [5.41, 5.74) is 4.71. The molecule has 2 amide bonds. The van der Waals surface area contributed by atoms with E-state index >= 15 is 0 Å². The van der Waals surface area contributed by atoms with Crippen molar-refractivity contribution in [3.05, 3.63) is 101 Å². The summed E-state index contributed by atoms with van der Waals surface area (Å²) >= 11 is 0. The minimum absolute atomic E-state index is 0.0259. The maximum Gasteiger partial charge on any atom is 0.255 e. The average Bonchev–Trinajstić information content (AvgIpc) is 2.85. The van der Waals surface area contributed by atoms with Gasteiger partial charge in [0, 0.05) is 18.7 Å². The Morgan fingerprint density at radius 2 is 1.60 bits per heavy atom. The molecule has 35 heavy (non-hydrogen) atoms. The van der Waals surface area contributed by atoms with Gasteiger partial charge in [0.15, 0.2) is 0 Å². The zero-order valence-corrected chi connectivity index (χ0v) is 20.8. The summed E-state index contributed by atoms with van der Waals surface area (Å²) in [6.45, 7) is 8.27. The molecule has 0 fully saturated rings. The molecule has 4 rings (SSSR count). The molecule has 1 N–H and O–H groups in total. The van der Waals surface area contributed by atoms with Crippen molar-refractivity contribution in [1.82, 2.24) is 10.2 Å². The SMILES string of the molecule is CC(C)(C)c1ccc(C(=O)N2CCOc3ccccc3C(=O)NCCCc3ccccc3C2)cc1. The third-order valence-electron chi connectivity index (χ3n) is 6.42. The van der Waals surface area contributed by atoms with Crippen molar-refractivity contribution < 1.29 is 14.3 Å². The molecular formula is C30H34N2O3. The molecule has 5 nitrogen and oxygen atoms in total. The van der Waals surface area contributed by atoms with Crippen LogP contribution in [-0.2, 0) is 18.4 Å². The Kier molecular flexibility index (Phi) is 7.54. The highest BCUT2D eigenvalue weighted by atomic mass is 16.5. The van der Waals surface area contributed by atoms with E-state index in [2.05, 4.69) is 38.2 Å². The summed E-state index contributed by atoms with van der Waals surface area (Å²) in [7, 11) is 0. The molecular weight excluding hydrogens is 436 g/mol. The number of nitrogens with one attached hydrogen (secondary N) is 1. The number of ether oxygens (including phenoxy) is 1. The van der Waals surface area contributed by atoms with E-state index in [0.717, 1.165) is 18.4 Å². The van der Waals surface area contributed by atoms with Crippen LogP contribution in [0.15, 0.2) is 72.8 Å². The van der Waals surface area contributed by atoms with E-state index < -0.39 is 0 Å². The van der Waals surface area contributed by atoms with Crippen LogP contribution in [0.2, 0.25) is 0 Å². The Morgan fingerprint density at radius 1 is 0.914 bits per heavy atom. The first-order valence-electron chi connectivity index (χ1n) is 12.3. The maximum atomic E-state index is 13.6. The number of hydrogen-bond acceptors (Lipinski definition) is 3. The summed E-state index contributed by atoms with van der Waals surface area (Å²) in [5, 5.41) is 3.00. The standard InChI is InChI=1S/C30H34N2O3/c1-30(2,3)25-16-14-23(15-17-25)29(34)32-19-20-35-27-13-7-6-12-26(27)28(33)31-18-8-11-22-9-4-5-10-24(22)21-32/h4-7,9-10,12-17H,8,11,18-21H2,1-3H3,(H,31,33). The molecule has 5 heteroatoms. The molecule has 0 atom stereocenters. The summed E-state index contributed by atoms with van der Waals surface area (Å²) in [6, 6.07) is 23.4. The molecule has 3 aromatic rings. The van der Waals surface area contributed by atoms with Gasteiger partial charge in [-0.2, -0.15) is 0 Å². The van der Waals surface area contributed by atoms with Crippen LogP contribution in [0.5, 0.6) is 5.75 Å². The van der Waals surface area contributed by atoms with Gasteiger partial charge in [-0.05, 0) is 59.2 Å². The molecule has 0 saturated carbocycles. The first-order valence-corrected chi connectivity index (χ1v) is 12.3. The fourth-order valence-corrected chi connectivity index (χ4v) is 4.33. The van der Waals surface area contributed by atoms with Crippen molar-refractivity contribution in [3.63, 3.8) is 0 Å². The highest BCUT2D eigenvalue weighted by molar-refractivity contribution is 5.97. The highest BCUT2D eigenvalue weighted by Gasteiger charge is 2.20. The van der Waals surface area contributed by atoms with Crippen molar-refractivity contribution >= 4 is 11.8 Å². The molecule has 1 aliphatic rings. The first-order chi connectivity index (χ1) is 16.8. The number of benzene rings is 3. The maximum absolute atomic E-state index is 13.6. The van der Waals surface area contributed by atoms with E-state index in [-0.39, 0.29) is 23.8 Å². The minimum Gasteiger partial charge on any atom is -0.491 e. The second-order valence-corrected chi connectivity index (χ2v) is 10.0. The lowest BCUT2D eigenvalue weighted by molar-refractivity contribution is 0.0713. The van der Waals surface area contributed by atoms with Crippen LogP contribution in [0.1, 0.15) is 64.6 Å². The number of carbonyl (C=O) groups is 2. The highest BCUT2D eigenvalue weighted by Crippen LogP contribution is 2.24. The molecule has 0 aliphatic carbocycles. The Morgan fingerprint density at radius 3 is 2.34 bits per heavy atom. The normalized spacial score (nSPS) is 15.2. The fraction of sp³-hybridized carbons (Fsp3) is 0.333. The lowest BCUT2D eigenvalue weighted by Crippen LogP contribution is -2.35. The van der Waals surface area contributed by atoms with Crippen molar-refractivity contribution in [3.8, 4) is 5.75 Å². The third-order valence-corrected chi connectivity index (χ3v) is 6.42. The van der Waals surface area contributed by atoms with E-state index in [1.165, 1.54) is 11.1 Å². The third kappa shape index (κ3) is 6.10. The van der Waals surface area contributed by atoms with Gasteiger partial charge in [0.05, 0.1) is 12.1 Å². The van der Waals surface area contributed by atoms with Crippen LogP contribution >= 0.6 is 0 Å². The Bertz CT molecular complexity index is 1180. The Labute approximate surface area is 208 Å². The summed E-state index contributed by atoms with van der Waals surface area (Å²) in [4.78, 5) is 28.2. The van der Waals surface area contributed by atoms with Gasteiger partial charge >= 0.3 is 0 Å². The number of hydrogen-bond donors (Lipinski definition) is 1. The quantitative estimate of drug-likeness (QED) is 0.519. The van der Waals surface area contributed by atoms with E-state index in [1.54, 1.807) is 12.1 Å². The molecule has 0 bridgehead atoms. The Hall–Kier alpha value is -3.60.